The van der Waals surface area contributed by atoms with Crippen LogP contribution in [0.3, 0.4) is 0 Å². The van der Waals surface area contributed by atoms with Gasteiger partial charge in [-0.25, -0.2) is 9.59 Å². The molecule has 0 aliphatic rings. The number of benzene rings is 1. The Bertz CT molecular complexity index is 1050. The van der Waals surface area contributed by atoms with Gasteiger partial charge in [0.25, 0.3) is 0 Å². The largest absolute Gasteiger partial charge is 0.458 e. The summed E-state index contributed by atoms with van der Waals surface area (Å²) < 4.78 is 17.1. The highest BCUT2D eigenvalue weighted by molar-refractivity contribution is 6.74. The minimum atomic E-state index is -2.06. The van der Waals surface area contributed by atoms with Crippen LogP contribution in [-0.4, -0.2) is 49.3 Å². The van der Waals surface area contributed by atoms with Crippen LogP contribution in [0, 0.1) is 0 Å². The molecule has 0 bridgehead atoms. The van der Waals surface area contributed by atoms with Gasteiger partial charge in [-0.05, 0) is 79.1 Å². The smallest absolute Gasteiger partial charge is 0.408 e. The maximum absolute atomic E-state index is 13.0. The van der Waals surface area contributed by atoms with Crippen LogP contribution in [0.1, 0.15) is 98.0 Å². The topological polar surface area (TPSA) is 120 Å². The van der Waals surface area contributed by atoms with E-state index >= 15 is 0 Å². The lowest BCUT2D eigenvalue weighted by atomic mass is 10.1. The average Bonchev–Trinajstić information content (AvgIpc) is 2.72. The first-order valence-corrected chi connectivity index (χ1v) is 16.2. The summed E-state index contributed by atoms with van der Waals surface area (Å²) in [6, 6.07) is 4.04. The molecule has 0 aliphatic carbocycles. The molecule has 0 unspecified atom stereocenters. The minimum absolute atomic E-state index is 0.00749. The molecule has 0 spiro atoms. The van der Waals surface area contributed by atoms with Crippen molar-refractivity contribution in [1.82, 2.24) is 5.32 Å². The molecule has 2 N–H and O–H groups in total. The fourth-order valence-electron chi connectivity index (χ4n) is 3.07. The van der Waals surface area contributed by atoms with E-state index in [1.165, 1.54) is 6.92 Å². The number of carbonyl (C=O) groups is 4. The van der Waals surface area contributed by atoms with Gasteiger partial charge >= 0.3 is 12.1 Å². The Morgan fingerprint density at radius 2 is 1.46 bits per heavy atom. The molecule has 0 radical (unpaired) electrons. The number of rotatable bonds is 10. The molecule has 0 heterocycles. The Morgan fingerprint density at radius 3 is 1.95 bits per heavy atom. The standard InChI is InChI=1S/C29H48N2O7Si/c1-19(32)20-13-14-21(18-36-39(11,12)29(8,9)10)23(17-20)30-24(33)16-15-22(25(34)37-27(2,3)4)31-26(35)38-28(5,6)7/h13-14,17,22H,15-16,18H2,1-12H3,(H,30,33)(H,31,35)/t22-/m0/s1. The van der Waals surface area contributed by atoms with E-state index in [0.717, 1.165) is 5.56 Å². The Morgan fingerprint density at radius 1 is 0.897 bits per heavy atom. The summed E-state index contributed by atoms with van der Waals surface area (Å²) in [6.07, 6.45) is -0.882. The predicted octanol–water partition coefficient (Wildman–Crippen LogP) is 6.36. The molecule has 1 aromatic carbocycles. The van der Waals surface area contributed by atoms with Crippen molar-refractivity contribution in [2.24, 2.45) is 0 Å². The highest BCUT2D eigenvalue weighted by Crippen LogP contribution is 2.37. The molecule has 0 aromatic heterocycles. The fraction of sp³-hybridized carbons (Fsp3) is 0.655. The van der Waals surface area contributed by atoms with Gasteiger partial charge in [-0.1, -0.05) is 32.9 Å². The van der Waals surface area contributed by atoms with Crippen molar-refractivity contribution in [3.63, 3.8) is 0 Å². The first-order chi connectivity index (χ1) is 17.5. The van der Waals surface area contributed by atoms with Crippen LogP contribution in [0.15, 0.2) is 18.2 Å². The highest BCUT2D eigenvalue weighted by Gasteiger charge is 2.37. The summed E-state index contributed by atoms with van der Waals surface area (Å²) in [6.45, 7) is 22.8. The van der Waals surface area contributed by atoms with E-state index in [-0.39, 0.29) is 36.2 Å². The molecule has 39 heavy (non-hydrogen) atoms. The van der Waals surface area contributed by atoms with Gasteiger partial charge in [-0.2, -0.15) is 0 Å². The summed E-state index contributed by atoms with van der Waals surface area (Å²) in [5.74, 6) is -1.18. The number of carbonyl (C=O) groups excluding carboxylic acids is 4. The Kier molecular flexibility index (Phi) is 11.5. The second-order valence-corrected chi connectivity index (χ2v) is 18.1. The molecule has 0 saturated heterocycles. The van der Waals surface area contributed by atoms with Gasteiger partial charge in [0.15, 0.2) is 14.1 Å². The predicted molar refractivity (Wildman–Crippen MR) is 155 cm³/mol. The number of hydrogen-bond acceptors (Lipinski definition) is 7. The van der Waals surface area contributed by atoms with Crippen molar-refractivity contribution >= 4 is 37.8 Å². The molecule has 1 aromatic rings. The molecular weight excluding hydrogens is 516 g/mol. The molecular formula is C29H48N2O7Si. The molecule has 0 saturated carbocycles. The summed E-state index contributed by atoms with van der Waals surface area (Å²) in [7, 11) is -2.06. The third-order valence-electron chi connectivity index (χ3n) is 6.23. The van der Waals surface area contributed by atoms with Gasteiger partial charge in [0.2, 0.25) is 5.91 Å². The van der Waals surface area contributed by atoms with Gasteiger partial charge in [0, 0.05) is 23.2 Å². The van der Waals surface area contributed by atoms with Crippen LogP contribution in [0.5, 0.6) is 0 Å². The van der Waals surface area contributed by atoms with E-state index < -0.39 is 37.6 Å². The zero-order valence-electron chi connectivity index (χ0n) is 25.8. The zero-order valence-corrected chi connectivity index (χ0v) is 26.8. The van der Waals surface area contributed by atoms with Crippen molar-refractivity contribution in [1.29, 1.82) is 0 Å². The van der Waals surface area contributed by atoms with E-state index in [9.17, 15) is 19.2 Å². The van der Waals surface area contributed by atoms with Crippen molar-refractivity contribution in [2.75, 3.05) is 5.32 Å². The maximum Gasteiger partial charge on any atom is 0.408 e. The van der Waals surface area contributed by atoms with Gasteiger partial charge in [0.05, 0.1) is 6.61 Å². The summed E-state index contributed by atoms with van der Waals surface area (Å²) in [5.41, 5.74) is 0.137. The SMILES string of the molecule is CC(=O)c1ccc(CO[Si](C)(C)C(C)(C)C)c(NC(=O)CC[C@H](NC(=O)OC(C)(C)C)C(=O)OC(C)(C)C)c1. The number of alkyl carbamates (subject to hydrolysis) is 1. The van der Waals surface area contributed by atoms with E-state index in [0.29, 0.717) is 11.3 Å². The van der Waals surface area contributed by atoms with Gasteiger partial charge < -0.3 is 24.5 Å². The van der Waals surface area contributed by atoms with Crippen LogP contribution in [0.2, 0.25) is 18.1 Å². The van der Waals surface area contributed by atoms with E-state index in [1.807, 2.05) is 0 Å². The molecule has 10 heteroatoms. The lowest BCUT2D eigenvalue weighted by Gasteiger charge is -2.36. The quantitative estimate of drug-likeness (QED) is 0.193. The van der Waals surface area contributed by atoms with Crippen molar-refractivity contribution in [2.45, 2.75) is 124 Å². The monoisotopic (exact) mass is 564 g/mol. The maximum atomic E-state index is 13.0. The Hall–Kier alpha value is -2.72. The van der Waals surface area contributed by atoms with Gasteiger partial charge in [-0.15, -0.1) is 0 Å². The lowest BCUT2D eigenvalue weighted by Crippen LogP contribution is -2.46. The fourth-order valence-corrected chi connectivity index (χ4v) is 4.02. The third kappa shape index (κ3) is 12.3. The van der Waals surface area contributed by atoms with Gasteiger partial charge in [-0.3, -0.25) is 9.59 Å². The summed E-state index contributed by atoms with van der Waals surface area (Å²) in [4.78, 5) is 50.2. The number of ether oxygens (including phenoxy) is 2. The normalized spacial score (nSPS) is 13.3. The molecule has 0 fully saturated rings. The van der Waals surface area contributed by atoms with Crippen LogP contribution in [-0.2, 0) is 30.1 Å². The van der Waals surface area contributed by atoms with Crippen LogP contribution in [0.25, 0.3) is 0 Å². The second-order valence-electron chi connectivity index (χ2n) is 13.3. The number of esters is 1. The number of ketones is 1. The van der Waals surface area contributed by atoms with Gasteiger partial charge in [0.1, 0.15) is 17.2 Å². The van der Waals surface area contributed by atoms with Crippen LogP contribution in [0.4, 0.5) is 10.5 Å². The number of anilines is 1. The molecule has 1 atom stereocenters. The van der Waals surface area contributed by atoms with Crippen LogP contribution < -0.4 is 10.6 Å². The van der Waals surface area contributed by atoms with E-state index in [1.54, 1.807) is 59.7 Å². The minimum Gasteiger partial charge on any atom is -0.458 e. The summed E-state index contributed by atoms with van der Waals surface area (Å²) >= 11 is 0. The van der Waals surface area contributed by atoms with Crippen molar-refractivity contribution in [3.05, 3.63) is 29.3 Å². The Labute approximate surface area is 234 Å². The lowest BCUT2D eigenvalue weighted by molar-refractivity contribution is -0.157. The van der Waals surface area contributed by atoms with E-state index in [2.05, 4.69) is 44.5 Å². The van der Waals surface area contributed by atoms with Crippen LogP contribution >= 0.6 is 0 Å². The average molecular weight is 565 g/mol. The molecule has 9 nitrogen and oxygen atoms in total. The third-order valence-corrected chi connectivity index (χ3v) is 10.7. The molecule has 0 aliphatic heterocycles. The number of nitrogens with one attached hydrogen (secondary N) is 2. The van der Waals surface area contributed by atoms with Crippen molar-refractivity contribution < 1.29 is 33.1 Å². The van der Waals surface area contributed by atoms with E-state index in [4.69, 9.17) is 13.9 Å². The summed E-state index contributed by atoms with van der Waals surface area (Å²) in [5, 5.41) is 5.40. The molecule has 220 valence electrons. The molecule has 1 rings (SSSR count). The second kappa shape index (κ2) is 13.1. The highest BCUT2D eigenvalue weighted by atomic mass is 28.4. The number of hydrogen-bond donors (Lipinski definition) is 2. The number of amides is 2. The first-order valence-electron chi connectivity index (χ1n) is 13.3. The Balaban J connectivity index is 3.08. The molecule has 2 amide bonds. The zero-order chi connectivity index (χ0) is 30.4. The number of Topliss-reactive ketones (excluding diaryl/α,β-unsaturated/α-hetero) is 1. The van der Waals surface area contributed by atoms with Crippen molar-refractivity contribution in [3.8, 4) is 0 Å². The first kappa shape index (κ1) is 34.3.